The predicted molar refractivity (Wildman–Crippen MR) is 39.9 cm³/mol. The third kappa shape index (κ3) is 1.87. The Hall–Kier alpha value is -0.790. The van der Waals surface area contributed by atoms with Crippen molar-refractivity contribution in [3.63, 3.8) is 0 Å². The molecule has 1 heterocycles. The van der Waals surface area contributed by atoms with Crippen molar-refractivity contribution < 1.29 is 4.42 Å². The molecule has 0 radical (unpaired) electrons. The normalized spacial score (nSPS) is 10.2. The quantitative estimate of drug-likeness (QED) is 0.642. The van der Waals surface area contributed by atoms with E-state index in [0.29, 0.717) is 0 Å². The summed E-state index contributed by atoms with van der Waals surface area (Å²) in [6, 6.07) is 0. The Morgan fingerprint density at radius 3 is 2.90 bits per heavy atom. The van der Waals surface area contributed by atoms with Crippen LogP contribution in [0.4, 0.5) is 0 Å². The lowest BCUT2D eigenvalue weighted by Crippen LogP contribution is -1.83. The highest BCUT2D eigenvalue weighted by Crippen LogP contribution is 2.04. The van der Waals surface area contributed by atoms with Crippen LogP contribution in [0.2, 0.25) is 0 Å². The first-order chi connectivity index (χ1) is 4.83. The van der Waals surface area contributed by atoms with Crippen molar-refractivity contribution in [1.29, 1.82) is 0 Å². The van der Waals surface area contributed by atoms with Crippen molar-refractivity contribution in [2.45, 2.75) is 33.1 Å². The van der Waals surface area contributed by atoms with E-state index in [1.54, 1.807) is 6.26 Å². The molecule has 1 aromatic heterocycles. The van der Waals surface area contributed by atoms with Gasteiger partial charge in [0, 0.05) is 6.92 Å². The van der Waals surface area contributed by atoms with Crippen LogP contribution in [0.25, 0.3) is 0 Å². The molecule has 0 amide bonds. The molecule has 0 aliphatic carbocycles. The van der Waals surface area contributed by atoms with Crippen LogP contribution in [0.3, 0.4) is 0 Å². The lowest BCUT2D eigenvalue weighted by molar-refractivity contribution is 0.520. The first-order valence-corrected chi connectivity index (χ1v) is 3.74. The molecule has 2 heteroatoms. The minimum atomic E-state index is 0.770. The van der Waals surface area contributed by atoms with Crippen LogP contribution in [0.1, 0.15) is 31.4 Å². The van der Waals surface area contributed by atoms with Crippen LogP contribution in [-0.2, 0) is 6.42 Å². The average Bonchev–Trinajstić information content (AvgIpc) is 2.31. The van der Waals surface area contributed by atoms with Crippen molar-refractivity contribution in [2.24, 2.45) is 0 Å². The van der Waals surface area contributed by atoms with Crippen molar-refractivity contribution in [2.75, 3.05) is 0 Å². The Balaban J connectivity index is 2.42. The number of aryl methyl sites for hydroxylation is 2. The molecule has 56 valence electrons. The van der Waals surface area contributed by atoms with Gasteiger partial charge in [0.2, 0.25) is 0 Å². The Morgan fingerprint density at radius 2 is 2.40 bits per heavy atom. The predicted octanol–water partition coefficient (Wildman–Crippen LogP) is 2.33. The second-order valence-electron chi connectivity index (χ2n) is 2.46. The Morgan fingerprint density at radius 1 is 1.60 bits per heavy atom. The zero-order chi connectivity index (χ0) is 7.40. The summed E-state index contributed by atoms with van der Waals surface area (Å²) in [5.74, 6) is 0.770. The molecule has 0 aliphatic heterocycles. The van der Waals surface area contributed by atoms with Crippen LogP contribution in [-0.4, -0.2) is 4.98 Å². The van der Waals surface area contributed by atoms with Crippen molar-refractivity contribution in [3.8, 4) is 0 Å². The molecule has 0 bridgehead atoms. The molecule has 0 saturated carbocycles. The number of nitrogens with zero attached hydrogens (tertiary/aromatic N) is 1. The molecule has 10 heavy (non-hydrogen) atoms. The fourth-order valence-corrected chi connectivity index (χ4v) is 0.881. The van der Waals surface area contributed by atoms with Gasteiger partial charge in [0.1, 0.15) is 6.26 Å². The lowest BCUT2D eigenvalue weighted by Gasteiger charge is -1.88. The Labute approximate surface area is 61.3 Å². The van der Waals surface area contributed by atoms with E-state index < -0.39 is 0 Å². The number of unbranched alkanes of at least 4 members (excludes halogenated alkanes) is 1. The van der Waals surface area contributed by atoms with Gasteiger partial charge < -0.3 is 4.42 Å². The largest absolute Gasteiger partial charge is 0.449 e. The van der Waals surface area contributed by atoms with Gasteiger partial charge in [0.15, 0.2) is 5.89 Å². The molecule has 0 fully saturated rings. The third-order valence-corrected chi connectivity index (χ3v) is 1.45. The molecular weight excluding hydrogens is 126 g/mol. The first kappa shape index (κ1) is 7.32. The van der Waals surface area contributed by atoms with E-state index in [-0.39, 0.29) is 0 Å². The summed E-state index contributed by atoms with van der Waals surface area (Å²) in [4.78, 5) is 4.18. The van der Waals surface area contributed by atoms with Gasteiger partial charge in [0.05, 0.1) is 5.69 Å². The lowest BCUT2D eigenvalue weighted by atomic mass is 10.2. The molecule has 0 spiro atoms. The molecule has 0 unspecified atom stereocenters. The van der Waals surface area contributed by atoms with Crippen LogP contribution in [0.5, 0.6) is 0 Å². The SMILES string of the molecule is CCCCc1coc(C)n1. The monoisotopic (exact) mass is 139 g/mol. The minimum absolute atomic E-state index is 0.770. The summed E-state index contributed by atoms with van der Waals surface area (Å²) in [5.41, 5.74) is 1.08. The molecule has 1 aromatic rings. The van der Waals surface area contributed by atoms with Gasteiger partial charge in [-0.3, -0.25) is 0 Å². The van der Waals surface area contributed by atoms with Gasteiger partial charge >= 0.3 is 0 Å². The number of hydrogen-bond acceptors (Lipinski definition) is 2. The maximum atomic E-state index is 5.05. The van der Waals surface area contributed by atoms with Crippen molar-refractivity contribution in [1.82, 2.24) is 4.98 Å². The fraction of sp³-hybridized carbons (Fsp3) is 0.625. The highest BCUT2D eigenvalue weighted by Gasteiger charge is 1.96. The maximum Gasteiger partial charge on any atom is 0.191 e. The molecule has 2 nitrogen and oxygen atoms in total. The minimum Gasteiger partial charge on any atom is -0.449 e. The molecular formula is C8H13NO. The summed E-state index contributed by atoms with van der Waals surface area (Å²) in [7, 11) is 0. The molecule has 0 aromatic carbocycles. The highest BCUT2D eigenvalue weighted by molar-refractivity contribution is 4.94. The standard InChI is InChI=1S/C8H13NO/c1-3-4-5-8-6-10-7(2)9-8/h6H,3-5H2,1-2H3. The number of aromatic nitrogens is 1. The van der Waals surface area contributed by atoms with E-state index in [2.05, 4.69) is 11.9 Å². The number of oxazole rings is 1. The van der Waals surface area contributed by atoms with E-state index in [1.807, 2.05) is 6.92 Å². The summed E-state index contributed by atoms with van der Waals surface area (Å²) >= 11 is 0. The summed E-state index contributed by atoms with van der Waals surface area (Å²) in [6.07, 6.45) is 5.21. The molecule has 0 N–H and O–H groups in total. The summed E-state index contributed by atoms with van der Waals surface area (Å²) in [6.45, 7) is 4.04. The molecule has 1 rings (SSSR count). The van der Waals surface area contributed by atoms with Crippen LogP contribution >= 0.6 is 0 Å². The van der Waals surface area contributed by atoms with Gasteiger partial charge in [0.25, 0.3) is 0 Å². The molecule has 0 atom stereocenters. The van der Waals surface area contributed by atoms with Crippen LogP contribution < -0.4 is 0 Å². The van der Waals surface area contributed by atoms with Gasteiger partial charge in [-0.15, -0.1) is 0 Å². The first-order valence-electron chi connectivity index (χ1n) is 3.74. The van der Waals surface area contributed by atoms with E-state index >= 15 is 0 Å². The molecule has 0 saturated heterocycles. The van der Waals surface area contributed by atoms with Gasteiger partial charge in [-0.05, 0) is 12.8 Å². The summed E-state index contributed by atoms with van der Waals surface area (Å²) in [5, 5.41) is 0. The topological polar surface area (TPSA) is 26.0 Å². The van der Waals surface area contributed by atoms with E-state index in [4.69, 9.17) is 4.42 Å². The van der Waals surface area contributed by atoms with Gasteiger partial charge in [-0.25, -0.2) is 4.98 Å². The number of hydrogen-bond donors (Lipinski definition) is 0. The molecule has 0 aliphatic rings. The van der Waals surface area contributed by atoms with Crippen molar-refractivity contribution in [3.05, 3.63) is 17.8 Å². The zero-order valence-electron chi connectivity index (χ0n) is 6.55. The van der Waals surface area contributed by atoms with Crippen LogP contribution in [0, 0.1) is 6.92 Å². The zero-order valence-corrected chi connectivity index (χ0v) is 6.55. The van der Waals surface area contributed by atoms with E-state index in [1.165, 1.54) is 12.8 Å². The smallest absolute Gasteiger partial charge is 0.191 e. The third-order valence-electron chi connectivity index (χ3n) is 1.45. The second-order valence-corrected chi connectivity index (χ2v) is 2.46. The Kier molecular flexibility index (Phi) is 2.49. The second kappa shape index (κ2) is 3.40. The highest BCUT2D eigenvalue weighted by atomic mass is 16.3. The number of rotatable bonds is 3. The summed E-state index contributed by atoms with van der Waals surface area (Å²) < 4.78 is 5.05. The maximum absolute atomic E-state index is 5.05. The average molecular weight is 139 g/mol. The van der Waals surface area contributed by atoms with Crippen LogP contribution in [0.15, 0.2) is 10.7 Å². The van der Waals surface area contributed by atoms with Gasteiger partial charge in [-0.1, -0.05) is 13.3 Å². The van der Waals surface area contributed by atoms with Crippen molar-refractivity contribution >= 4 is 0 Å². The fourth-order valence-electron chi connectivity index (χ4n) is 0.881. The Bertz CT molecular complexity index is 193. The van der Waals surface area contributed by atoms with E-state index in [9.17, 15) is 0 Å². The van der Waals surface area contributed by atoms with E-state index in [0.717, 1.165) is 18.0 Å². The van der Waals surface area contributed by atoms with Gasteiger partial charge in [-0.2, -0.15) is 0 Å².